The summed E-state index contributed by atoms with van der Waals surface area (Å²) < 4.78 is 0. The van der Waals surface area contributed by atoms with Gasteiger partial charge in [0, 0.05) is 10.6 Å². The summed E-state index contributed by atoms with van der Waals surface area (Å²) in [5.41, 5.74) is 1.26. The number of hydrogen-bond acceptors (Lipinski definition) is 2. The smallest absolute Gasteiger partial charge is 0.124 e. The highest BCUT2D eigenvalue weighted by molar-refractivity contribution is 6.30. The molecular formula is C10H13ClO2. The number of phenolic OH excluding ortho intramolecular Hbond substituents is 1. The molecule has 0 fully saturated rings. The van der Waals surface area contributed by atoms with E-state index in [1.54, 1.807) is 19.1 Å². The average Bonchev–Trinajstić information content (AvgIpc) is 2.08. The zero-order valence-electron chi connectivity index (χ0n) is 7.71. The second-order valence-electron chi connectivity index (χ2n) is 3.03. The fourth-order valence-corrected chi connectivity index (χ4v) is 1.52. The minimum atomic E-state index is -0.691. The van der Waals surface area contributed by atoms with Crippen molar-refractivity contribution >= 4 is 11.6 Å². The van der Waals surface area contributed by atoms with Gasteiger partial charge in [-0.3, -0.25) is 0 Å². The normalized spacial score (nSPS) is 12.9. The maximum absolute atomic E-state index is 9.67. The van der Waals surface area contributed by atoms with E-state index in [0.717, 1.165) is 5.56 Å². The number of halogens is 1. The second kappa shape index (κ2) is 3.99. The van der Waals surface area contributed by atoms with Crippen LogP contribution in [0.15, 0.2) is 12.1 Å². The third kappa shape index (κ3) is 2.14. The zero-order valence-corrected chi connectivity index (χ0v) is 8.47. The molecule has 0 spiro atoms. The van der Waals surface area contributed by atoms with E-state index in [0.29, 0.717) is 17.0 Å². The highest BCUT2D eigenvalue weighted by Gasteiger charge is 2.11. The van der Waals surface area contributed by atoms with E-state index in [-0.39, 0.29) is 5.75 Å². The first-order chi connectivity index (χ1) is 6.06. The molecule has 72 valence electrons. The van der Waals surface area contributed by atoms with Crippen LogP contribution >= 0.6 is 11.6 Å². The number of aryl methyl sites for hydroxylation is 1. The molecule has 2 nitrogen and oxygen atoms in total. The molecule has 1 rings (SSSR count). The largest absolute Gasteiger partial charge is 0.507 e. The highest BCUT2D eigenvalue weighted by Crippen LogP contribution is 2.31. The van der Waals surface area contributed by atoms with Crippen molar-refractivity contribution in [1.29, 1.82) is 0 Å². The molecule has 2 N–H and O–H groups in total. The van der Waals surface area contributed by atoms with Crippen molar-refractivity contribution in [3.63, 3.8) is 0 Å². The van der Waals surface area contributed by atoms with Crippen LogP contribution in [0.25, 0.3) is 0 Å². The molecule has 0 aromatic heterocycles. The van der Waals surface area contributed by atoms with Crippen LogP contribution in [0.4, 0.5) is 0 Å². The Bertz CT molecular complexity index is 308. The molecule has 1 atom stereocenters. The van der Waals surface area contributed by atoms with Gasteiger partial charge >= 0.3 is 0 Å². The molecule has 0 bridgehead atoms. The topological polar surface area (TPSA) is 40.5 Å². The van der Waals surface area contributed by atoms with Crippen LogP contribution < -0.4 is 0 Å². The first-order valence-corrected chi connectivity index (χ1v) is 4.63. The summed E-state index contributed by atoms with van der Waals surface area (Å²) in [6.07, 6.45) is 0.00977. The van der Waals surface area contributed by atoms with Crippen LogP contribution in [0.2, 0.25) is 5.02 Å². The Morgan fingerprint density at radius 2 is 2.08 bits per heavy atom. The number of aliphatic hydroxyl groups excluding tert-OH is 1. The number of rotatable bonds is 2. The molecule has 0 saturated carbocycles. The van der Waals surface area contributed by atoms with Crippen molar-refractivity contribution in [1.82, 2.24) is 0 Å². The molecule has 0 aliphatic heterocycles. The van der Waals surface area contributed by atoms with Crippen molar-refractivity contribution in [3.05, 3.63) is 28.3 Å². The monoisotopic (exact) mass is 200 g/mol. The SMILES string of the molecule is CCc1cc(Cl)cc(C(C)O)c1O. The summed E-state index contributed by atoms with van der Waals surface area (Å²) in [4.78, 5) is 0. The number of phenols is 1. The Labute approximate surface area is 82.8 Å². The van der Waals surface area contributed by atoms with Crippen LogP contribution in [-0.2, 0) is 6.42 Å². The second-order valence-corrected chi connectivity index (χ2v) is 3.47. The van der Waals surface area contributed by atoms with Crippen molar-refractivity contribution < 1.29 is 10.2 Å². The summed E-state index contributed by atoms with van der Waals surface area (Å²) in [6, 6.07) is 3.30. The number of aromatic hydroxyl groups is 1. The molecular weight excluding hydrogens is 188 g/mol. The Balaban J connectivity index is 3.27. The molecule has 0 amide bonds. The van der Waals surface area contributed by atoms with Gasteiger partial charge in [0.15, 0.2) is 0 Å². The lowest BCUT2D eigenvalue weighted by Gasteiger charge is -2.11. The van der Waals surface area contributed by atoms with Crippen LogP contribution in [0.5, 0.6) is 5.75 Å². The third-order valence-corrected chi connectivity index (χ3v) is 2.23. The summed E-state index contributed by atoms with van der Waals surface area (Å²) in [5, 5.41) is 19.5. The van der Waals surface area contributed by atoms with E-state index in [1.807, 2.05) is 6.92 Å². The van der Waals surface area contributed by atoms with Crippen molar-refractivity contribution in [2.24, 2.45) is 0 Å². The molecule has 0 saturated heterocycles. The Morgan fingerprint density at radius 3 is 2.54 bits per heavy atom. The highest BCUT2D eigenvalue weighted by atomic mass is 35.5. The molecule has 0 aliphatic rings. The summed E-state index contributed by atoms with van der Waals surface area (Å²) >= 11 is 5.82. The Morgan fingerprint density at radius 1 is 1.46 bits per heavy atom. The van der Waals surface area contributed by atoms with Gasteiger partial charge < -0.3 is 10.2 Å². The van der Waals surface area contributed by atoms with Gasteiger partial charge in [-0.1, -0.05) is 18.5 Å². The summed E-state index contributed by atoms with van der Waals surface area (Å²) in [7, 11) is 0. The van der Waals surface area contributed by atoms with E-state index in [4.69, 9.17) is 11.6 Å². The fourth-order valence-electron chi connectivity index (χ4n) is 1.27. The van der Waals surface area contributed by atoms with Crippen molar-refractivity contribution in [2.75, 3.05) is 0 Å². The first kappa shape index (κ1) is 10.4. The molecule has 1 aromatic carbocycles. The quantitative estimate of drug-likeness (QED) is 0.771. The lowest BCUT2D eigenvalue weighted by atomic mass is 10.0. The van der Waals surface area contributed by atoms with E-state index in [9.17, 15) is 10.2 Å². The third-order valence-electron chi connectivity index (χ3n) is 2.01. The minimum absolute atomic E-state index is 0.155. The van der Waals surface area contributed by atoms with Gasteiger partial charge in [-0.25, -0.2) is 0 Å². The lowest BCUT2D eigenvalue weighted by molar-refractivity contribution is 0.194. The van der Waals surface area contributed by atoms with Crippen molar-refractivity contribution in [3.8, 4) is 5.75 Å². The molecule has 13 heavy (non-hydrogen) atoms. The maximum Gasteiger partial charge on any atom is 0.124 e. The number of benzene rings is 1. The number of aliphatic hydroxyl groups is 1. The van der Waals surface area contributed by atoms with Crippen LogP contribution in [-0.4, -0.2) is 10.2 Å². The lowest BCUT2D eigenvalue weighted by Crippen LogP contribution is -1.94. The van der Waals surface area contributed by atoms with E-state index >= 15 is 0 Å². The fraction of sp³-hybridized carbons (Fsp3) is 0.400. The predicted octanol–water partition coefficient (Wildman–Crippen LogP) is 2.66. The van der Waals surface area contributed by atoms with Gasteiger partial charge in [-0.2, -0.15) is 0 Å². The Kier molecular flexibility index (Phi) is 3.17. The molecule has 0 radical (unpaired) electrons. The summed E-state index contributed by atoms with van der Waals surface area (Å²) in [6.45, 7) is 3.53. The molecule has 3 heteroatoms. The van der Waals surface area contributed by atoms with Crippen LogP contribution in [0, 0.1) is 0 Å². The predicted molar refractivity (Wildman–Crippen MR) is 53.1 cm³/mol. The number of hydrogen-bond donors (Lipinski definition) is 2. The zero-order chi connectivity index (χ0) is 10.0. The minimum Gasteiger partial charge on any atom is -0.507 e. The van der Waals surface area contributed by atoms with Gasteiger partial charge in [-0.05, 0) is 31.0 Å². The van der Waals surface area contributed by atoms with Crippen molar-refractivity contribution in [2.45, 2.75) is 26.4 Å². The molecule has 0 aliphatic carbocycles. The molecule has 1 aromatic rings. The average molecular weight is 201 g/mol. The van der Waals surface area contributed by atoms with Gasteiger partial charge in [0.2, 0.25) is 0 Å². The van der Waals surface area contributed by atoms with E-state index in [2.05, 4.69) is 0 Å². The van der Waals surface area contributed by atoms with E-state index in [1.165, 1.54) is 0 Å². The van der Waals surface area contributed by atoms with Crippen LogP contribution in [0.1, 0.15) is 31.1 Å². The molecule has 1 unspecified atom stereocenters. The van der Waals surface area contributed by atoms with Gasteiger partial charge in [0.1, 0.15) is 5.75 Å². The van der Waals surface area contributed by atoms with Gasteiger partial charge in [0.25, 0.3) is 0 Å². The maximum atomic E-state index is 9.67. The van der Waals surface area contributed by atoms with E-state index < -0.39 is 6.10 Å². The Hall–Kier alpha value is -0.730. The standard InChI is InChI=1S/C10H13ClO2/c1-3-7-4-8(11)5-9(6(2)12)10(7)13/h4-6,12-13H,3H2,1-2H3. The van der Waals surface area contributed by atoms with Gasteiger partial charge in [-0.15, -0.1) is 0 Å². The van der Waals surface area contributed by atoms with Crippen LogP contribution in [0.3, 0.4) is 0 Å². The molecule has 0 heterocycles. The summed E-state index contributed by atoms with van der Waals surface area (Å²) in [5.74, 6) is 0.155. The van der Waals surface area contributed by atoms with Gasteiger partial charge in [0.05, 0.1) is 6.10 Å². The first-order valence-electron chi connectivity index (χ1n) is 4.25.